The molecule has 3 aromatic heterocycles. The smallest absolute Gasteiger partial charge is 0.150 e. The van der Waals surface area contributed by atoms with Crippen molar-refractivity contribution in [2.45, 2.75) is 19.4 Å². The van der Waals surface area contributed by atoms with Gasteiger partial charge in [0.1, 0.15) is 11.4 Å². The molecule has 0 spiro atoms. The lowest BCUT2D eigenvalue weighted by molar-refractivity contribution is 0.311. The van der Waals surface area contributed by atoms with E-state index in [2.05, 4.69) is 65.2 Å². The van der Waals surface area contributed by atoms with Crippen LogP contribution in [-0.2, 0) is 6.54 Å². The molecule has 4 rings (SSSR count). The Balaban J connectivity index is 1.61. The Hall–Kier alpha value is -2.85. The Morgan fingerprint density at radius 1 is 1.08 bits per heavy atom. The van der Waals surface area contributed by atoms with Crippen molar-refractivity contribution in [1.82, 2.24) is 14.9 Å². The maximum absolute atomic E-state index is 5.64. The Morgan fingerprint density at radius 2 is 1.92 bits per heavy atom. The molecule has 0 saturated heterocycles. The van der Waals surface area contributed by atoms with Gasteiger partial charge in [-0.25, -0.2) is 4.98 Å². The first kappa shape index (κ1) is 16.6. The number of aromatic nitrogens is 2. The lowest BCUT2D eigenvalue weighted by Gasteiger charge is -2.22. The van der Waals surface area contributed by atoms with Gasteiger partial charge >= 0.3 is 0 Å². The molecule has 1 atom stereocenters. The molecule has 0 amide bonds. The van der Waals surface area contributed by atoms with E-state index in [0.717, 1.165) is 35.6 Å². The summed E-state index contributed by atoms with van der Waals surface area (Å²) < 4.78 is 5.64. The van der Waals surface area contributed by atoms with Gasteiger partial charge in [0.05, 0.1) is 12.0 Å². The highest BCUT2D eigenvalue weighted by Crippen LogP contribution is 2.31. The highest BCUT2D eigenvalue weighted by Gasteiger charge is 2.18. The summed E-state index contributed by atoms with van der Waals surface area (Å²) in [5.41, 5.74) is 4.51. The minimum atomic E-state index is 0.469. The van der Waals surface area contributed by atoms with E-state index in [4.69, 9.17) is 4.42 Å². The van der Waals surface area contributed by atoms with E-state index in [1.807, 2.05) is 24.4 Å². The SMILES string of the molecule is CC(CN(C)Cc1c(-c2ccco2)[nH]c2ncccc12)c1ccccc1. The van der Waals surface area contributed by atoms with Crippen molar-refractivity contribution in [2.24, 2.45) is 0 Å². The monoisotopic (exact) mass is 345 g/mol. The van der Waals surface area contributed by atoms with Crippen LogP contribution >= 0.6 is 0 Å². The molecule has 0 fully saturated rings. The number of H-pyrrole nitrogens is 1. The van der Waals surface area contributed by atoms with Crippen LogP contribution in [0, 0.1) is 0 Å². The molecule has 4 nitrogen and oxygen atoms in total. The number of likely N-dealkylation sites (N-methyl/N-ethyl adjacent to an activating group) is 1. The van der Waals surface area contributed by atoms with Crippen molar-refractivity contribution in [3.63, 3.8) is 0 Å². The van der Waals surface area contributed by atoms with Crippen LogP contribution in [-0.4, -0.2) is 28.5 Å². The molecule has 0 aliphatic carbocycles. The summed E-state index contributed by atoms with van der Waals surface area (Å²) >= 11 is 0. The topological polar surface area (TPSA) is 45.1 Å². The molecule has 1 N–H and O–H groups in total. The standard InChI is InChI=1S/C22H23N3O/c1-16(17-8-4-3-5-9-17)14-25(2)15-19-18-10-6-12-23-22(18)24-21(19)20-11-7-13-26-20/h3-13,16H,14-15H2,1-2H3,(H,23,24). The number of furan rings is 1. The zero-order valence-electron chi connectivity index (χ0n) is 15.1. The number of nitrogens with one attached hydrogen (secondary N) is 1. The van der Waals surface area contributed by atoms with Crippen LogP contribution in [0.5, 0.6) is 0 Å². The van der Waals surface area contributed by atoms with Gasteiger partial charge in [0.2, 0.25) is 0 Å². The molecule has 4 heteroatoms. The van der Waals surface area contributed by atoms with Crippen LogP contribution < -0.4 is 0 Å². The van der Waals surface area contributed by atoms with Gasteiger partial charge in [0, 0.05) is 30.2 Å². The van der Waals surface area contributed by atoms with E-state index < -0.39 is 0 Å². The molecule has 26 heavy (non-hydrogen) atoms. The van der Waals surface area contributed by atoms with Crippen molar-refractivity contribution in [1.29, 1.82) is 0 Å². The highest BCUT2D eigenvalue weighted by molar-refractivity contribution is 5.87. The van der Waals surface area contributed by atoms with Crippen LogP contribution in [0.25, 0.3) is 22.5 Å². The first-order chi connectivity index (χ1) is 12.7. The van der Waals surface area contributed by atoms with Gasteiger partial charge in [0.15, 0.2) is 0 Å². The first-order valence-electron chi connectivity index (χ1n) is 8.95. The van der Waals surface area contributed by atoms with Gasteiger partial charge in [-0.1, -0.05) is 37.3 Å². The zero-order valence-corrected chi connectivity index (χ0v) is 15.1. The van der Waals surface area contributed by atoms with E-state index >= 15 is 0 Å². The van der Waals surface area contributed by atoms with Crippen LogP contribution in [0.1, 0.15) is 24.0 Å². The first-order valence-corrected chi connectivity index (χ1v) is 8.95. The summed E-state index contributed by atoms with van der Waals surface area (Å²) in [7, 11) is 2.17. The van der Waals surface area contributed by atoms with Crippen LogP contribution in [0.3, 0.4) is 0 Å². The van der Waals surface area contributed by atoms with E-state index in [1.165, 1.54) is 11.1 Å². The van der Waals surface area contributed by atoms with Crippen molar-refractivity contribution in [3.05, 3.63) is 78.2 Å². The predicted molar refractivity (Wildman–Crippen MR) is 105 cm³/mol. The van der Waals surface area contributed by atoms with Crippen molar-refractivity contribution in [3.8, 4) is 11.5 Å². The minimum Gasteiger partial charge on any atom is -0.463 e. The van der Waals surface area contributed by atoms with Crippen molar-refractivity contribution < 1.29 is 4.42 Å². The third-order valence-electron chi connectivity index (χ3n) is 4.83. The lowest BCUT2D eigenvalue weighted by atomic mass is 10.0. The van der Waals surface area contributed by atoms with E-state index in [1.54, 1.807) is 6.26 Å². The fraction of sp³-hybridized carbons (Fsp3) is 0.227. The van der Waals surface area contributed by atoms with Crippen LogP contribution in [0.2, 0.25) is 0 Å². The molecule has 0 bridgehead atoms. The number of pyridine rings is 1. The number of rotatable bonds is 6. The molecule has 4 aromatic rings. The number of hydrogen-bond acceptors (Lipinski definition) is 3. The number of hydrogen-bond donors (Lipinski definition) is 1. The summed E-state index contributed by atoms with van der Waals surface area (Å²) in [6.45, 7) is 4.09. The van der Waals surface area contributed by atoms with E-state index in [-0.39, 0.29) is 0 Å². The molecule has 0 radical (unpaired) electrons. The second-order valence-electron chi connectivity index (χ2n) is 6.86. The molecule has 0 saturated carbocycles. The van der Waals surface area contributed by atoms with E-state index in [0.29, 0.717) is 5.92 Å². The van der Waals surface area contributed by atoms with Crippen LogP contribution in [0.15, 0.2) is 71.5 Å². The second kappa shape index (κ2) is 7.18. The summed E-state index contributed by atoms with van der Waals surface area (Å²) in [5, 5.41) is 1.15. The van der Waals surface area contributed by atoms with Gasteiger partial charge < -0.3 is 14.3 Å². The number of fused-ring (bicyclic) bond motifs is 1. The third kappa shape index (κ3) is 3.28. The van der Waals surface area contributed by atoms with Crippen molar-refractivity contribution in [2.75, 3.05) is 13.6 Å². The summed E-state index contributed by atoms with van der Waals surface area (Å²) in [6.07, 6.45) is 3.52. The Labute approximate surface area is 153 Å². The van der Waals surface area contributed by atoms with Crippen LogP contribution in [0.4, 0.5) is 0 Å². The summed E-state index contributed by atoms with van der Waals surface area (Å²) in [5.74, 6) is 1.32. The third-order valence-corrected chi connectivity index (χ3v) is 4.83. The van der Waals surface area contributed by atoms with Gasteiger partial charge in [-0.2, -0.15) is 0 Å². The normalized spacial score (nSPS) is 12.7. The molecule has 1 unspecified atom stereocenters. The average Bonchev–Trinajstić information content (AvgIpc) is 3.31. The molecule has 0 aliphatic heterocycles. The number of nitrogens with zero attached hydrogens (tertiary/aromatic N) is 2. The fourth-order valence-electron chi connectivity index (χ4n) is 3.56. The van der Waals surface area contributed by atoms with Gasteiger partial charge in [-0.3, -0.25) is 0 Å². The van der Waals surface area contributed by atoms with Crippen molar-refractivity contribution >= 4 is 11.0 Å². The molecule has 132 valence electrons. The molecular formula is C22H23N3O. The van der Waals surface area contributed by atoms with Gasteiger partial charge in [-0.15, -0.1) is 0 Å². The Bertz CT molecular complexity index is 973. The minimum absolute atomic E-state index is 0.469. The zero-order chi connectivity index (χ0) is 17.9. The molecular weight excluding hydrogens is 322 g/mol. The summed E-state index contributed by atoms with van der Waals surface area (Å²) in [4.78, 5) is 10.3. The molecule has 0 aliphatic rings. The number of aromatic amines is 1. The van der Waals surface area contributed by atoms with Gasteiger partial charge in [0.25, 0.3) is 0 Å². The second-order valence-corrected chi connectivity index (χ2v) is 6.86. The maximum atomic E-state index is 5.64. The summed E-state index contributed by atoms with van der Waals surface area (Å²) in [6, 6.07) is 18.7. The quantitative estimate of drug-likeness (QED) is 0.531. The molecule has 3 heterocycles. The average molecular weight is 345 g/mol. The molecule has 1 aromatic carbocycles. The Morgan fingerprint density at radius 3 is 2.69 bits per heavy atom. The number of benzene rings is 1. The lowest BCUT2D eigenvalue weighted by Crippen LogP contribution is -2.23. The Kier molecular flexibility index (Phi) is 4.59. The largest absolute Gasteiger partial charge is 0.463 e. The fourth-order valence-corrected chi connectivity index (χ4v) is 3.56. The highest BCUT2D eigenvalue weighted by atomic mass is 16.3. The van der Waals surface area contributed by atoms with E-state index in [9.17, 15) is 0 Å². The predicted octanol–water partition coefficient (Wildman–Crippen LogP) is 5.06. The van der Waals surface area contributed by atoms with Gasteiger partial charge in [-0.05, 0) is 42.8 Å². The maximum Gasteiger partial charge on any atom is 0.150 e.